The van der Waals surface area contributed by atoms with Crippen molar-refractivity contribution < 1.29 is 37.7 Å². The molecular weight excluding hydrogens is 134 g/mol. The Hall–Kier alpha value is -0.105. The third-order valence-electron chi connectivity index (χ3n) is 1.51. The fourth-order valence-corrected chi connectivity index (χ4v) is 1.00. The molecule has 0 aliphatic rings. The van der Waals surface area contributed by atoms with Crippen molar-refractivity contribution in [1.82, 2.24) is 0 Å². The van der Waals surface area contributed by atoms with Crippen LogP contribution in [0.1, 0.15) is 0 Å². The number of fused-ring (bicyclic) bond motifs is 1. The summed E-state index contributed by atoms with van der Waals surface area (Å²) in [6.07, 6.45) is 0. The predicted octanol–water partition coefficient (Wildman–Crippen LogP) is -3.55. The van der Waals surface area contributed by atoms with Gasteiger partial charge in [-0.3, -0.25) is 11.5 Å². The van der Waals surface area contributed by atoms with Gasteiger partial charge >= 0.3 is 37.7 Å². The predicted molar refractivity (Wildman–Crippen MR) is 41.6 cm³/mol. The van der Waals surface area contributed by atoms with Gasteiger partial charge in [0.05, 0.1) is 0 Å². The van der Waals surface area contributed by atoms with Crippen LogP contribution in [0, 0.1) is 12.1 Å². The molecule has 0 atom stereocenters. The van der Waals surface area contributed by atoms with Gasteiger partial charge in [-0.05, 0) is 0 Å². The Kier molecular flexibility index (Phi) is 5.48. The van der Waals surface area contributed by atoms with Crippen LogP contribution in [0.5, 0.6) is 0 Å². The summed E-state index contributed by atoms with van der Waals surface area (Å²) in [6.45, 7) is 0. The first kappa shape index (κ1) is 11.9. The topological polar surface area (TPSA) is 0 Å². The van der Waals surface area contributed by atoms with Gasteiger partial charge in [-0.15, -0.1) is 6.07 Å². The van der Waals surface area contributed by atoms with Crippen molar-refractivity contribution in [1.29, 1.82) is 0 Å². The van der Waals surface area contributed by atoms with Crippen LogP contribution in [-0.4, -0.2) is 0 Å². The number of hydrogen-bond donors (Lipinski definition) is 0. The van der Waals surface area contributed by atoms with Gasteiger partial charge in [0.1, 0.15) is 0 Å². The summed E-state index contributed by atoms with van der Waals surface area (Å²) in [4.78, 5) is 0. The molecule has 0 N–H and O–H groups in total. The van der Waals surface area contributed by atoms with Crippen LogP contribution in [0.15, 0.2) is 36.4 Å². The zero-order chi connectivity index (χ0) is 6.81. The van der Waals surface area contributed by atoms with Crippen LogP contribution in [-0.2, 0) is 0 Å². The second kappa shape index (κ2) is 5.52. The fraction of sp³-hybridized carbons (Fsp3) is 0. The summed E-state index contributed by atoms with van der Waals surface area (Å²) < 4.78 is 0. The third kappa shape index (κ3) is 2.44. The second-order valence-electron chi connectivity index (χ2n) is 2.18. The van der Waals surface area contributed by atoms with Crippen LogP contribution in [0.4, 0.5) is 0 Å². The molecule has 0 aliphatic carbocycles. The second-order valence-corrected chi connectivity index (χ2v) is 2.18. The molecule has 0 aromatic heterocycles. The molecule has 2 aromatic carbocycles. The van der Waals surface area contributed by atoms with Crippen molar-refractivity contribution in [2.45, 2.75) is 0 Å². The Morgan fingerprint density at radius 2 is 1.83 bits per heavy atom. The Morgan fingerprint density at radius 3 is 2.58 bits per heavy atom. The van der Waals surface area contributed by atoms with E-state index in [1.165, 1.54) is 5.39 Å². The Bertz CT molecular complexity index is 279. The molecule has 0 nitrogen and oxygen atoms in total. The molecular formula is C10H6Li2. The van der Waals surface area contributed by atoms with Crippen LogP contribution < -0.4 is 37.7 Å². The first-order valence-corrected chi connectivity index (χ1v) is 3.23. The van der Waals surface area contributed by atoms with E-state index in [4.69, 9.17) is 0 Å². The molecule has 2 heteroatoms. The van der Waals surface area contributed by atoms with Crippen molar-refractivity contribution >= 4 is 10.8 Å². The quantitative estimate of drug-likeness (QED) is 0.262. The maximum absolute atomic E-state index is 3.12. The van der Waals surface area contributed by atoms with E-state index < -0.39 is 0 Å². The van der Waals surface area contributed by atoms with E-state index >= 15 is 0 Å². The molecule has 0 amide bonds. The molecule has 2 aromatic rings. The minimum atomic E-state index is 0. The molecule has 0 fully saturated rings. The minimum Gasteiger partial charge on any atom is -0.255 e. The van der Waals surface area contributed by atoms with Gasteiger partial charge < -0.3 is 0 Å². The zero-order valence-electron chi connectivity index (χ0n) is 7.46. The zero-order valence-corrected chi connectivity index (χ0v) is 7.46. The van der Waals surface area contributed by atoms with Gasteiger partial charge in [-0.25, -0.2) is 23.6 Å². The van der Waals surface area contributed by atoms with Gasteiger partial charge in [-0.1, -0.05) is 0 Å². The summed E-state index contributed by atoms with van der Waals surface area (Å²) in [7, 11) is 0. The van der Waals surface area contributed by atoms with Crippen LogP contribution >= 0.6 is 0 Å². The SMILES string of the molecule is [Li+].[Li+].[c-]1ccc2ccc[c-]c2c1. The first-order valence-electron chi connectivity index (χ1n) is 3.23. The molecule has 0 bridgehead atoms. The van der Waals surface area contributed by atoms with Gasteiger partial charge in [0.25, 0.3) is 0 Å². The molecule has 12 heavy (non-hydrogen) atoms. The fourth-order valence-electron chi connectivity index (χ4n) is 1.00. The molecule has 0 spiro atoms. The average Bonchev–Trinajstić information content (AvgIpc) is 2.05. The van der Waals surface area contributed by atoms with Gasteiger partial charge in [0, 0.05) is 0 Å². The van der Waals surface area contributed by atoms with E-state index in [1.54, 1.807) is 0 Å². The number of rotatable bonds is 0. The molecule has 0 saturated carbocycles. The summed E-state index contributed by atoms with van der Waals surface area (Å²) in [5.74, 6) is 0. The molecule has 0 heterocycles. The Balaban J connectivity index is 0.000000605. The van der Waals surface area contributed by atoms with Crippen LogP contribution in [0.3, 0.4) is 0 Å². The van der Waals surface area contributed by atoms with Crippen molar-refractivity contribution in [3.05, 3.63) is 48.5 Å². The van der Waals surface area contributed by atoms with E-state index in [0.29, 0.717) is 0 Å². The largest absolute Gasteiger partial charge is 1.00 e. The maximum Gasteiger partial charge on any atom is 1.00 e. The van der Waals surface area contributed by atoms with Crippen LogP contribution in [0.25, 0.3) is 10.8 Å². The van der Waals surface area contributed by atoms with Crippen molar-refractivity contribution in [3.8, 4) is 0 Å². The Labute approximate surface area is 96.7 Å². The molecule has 48 valence electrons. The monoisotopic (exact) mass is 140 g/mol. The van der Waals surface area contributed by atoms with E-state index in [0.717, 1.165) is 5.39 Å². The van der Waals surface area contributed by atoms with E-state index in [1.807, 2.05) is 30.3 Å². The normalized spacial score (nSPS) is 8.33. The van der Waals surface area contributed by atoms with Gasteiger partial charge in [0.15, 0.2) is 0 Å². The molecule has 0 saturated heterocycles. The smallest absolute Gasteiger partial charge is 0.255 e. The van der Waals surface area contributed by atoms with E-state index in [9.17, 15) is 0 Å². The number of benzene rings is 2. The molecule has 2 rings (SSSR count). The van der Waals surface area contributed by atoms with Crippen molar-refractivity contribution in [2.24, 2.45) is 0 Å². The molecule has 0 unspecified atom stereocenters. The summed E-state index contributed by atoms with van der Waals surface area (Å²) in [5, 5.41) is 2.35. The summed E-state index contributed by atoms with van der Waals surface area (Å²) in [6, 6.07) is 18.0. The molecule has 0 aliphatic heterocycles. The maximum atomic E-state index is 3.12. The Morgan fingerprint density at radius 1 is 1.00 bits per heavy atom. The average molecular weight is 140 g/mol. The first-order chi connectivity index (χ1) is 4.97. The minimum absolute atomic E-state index is 0. The van der Waals surface area contributed by atoms with Gasteiger partial charge in [0.2, 0.25) is 0 Å². The standard InChI is InChI=1S/C10H6.2Li/c1-2-6-10-8-4-3-7-9(10)5-1;;/h1-3,5,7-8H;;/q-2;2*+1. The van der Waals surface area contributed by atoms with E-state index in [2.05, 4.69) is 18.2 Å². The van der Waals surface area contributed by atoms with Crippen molar-refractivity contribution in [3.63, 3.8) is 0 Å². The third-order valence-corrected chi connectivity index (χ3v) is 1.51. The summed E-state index contributed by atoms with van der Waals surface area (Å²) >= 11 is 0. The van der Waals surface area contributed by atoms with Crippen LogP contribution in [0.2, 0.25) is 0 Å². The van der Waals surface area contributed by atoms with Gasteiger partial charge in [-0.2, -0.15) is 18.2 Å². The van der Waals surface area contributed by atoms with Crippen molar-refractivity contribution in [2.75, 3.05) is 0 Å². The van der Waals surface area contributed by atoms with E-state index in [-0.39, 0.29) is 37.7 Å². The number of hydrogen-bond acceptors (Lipinski definition) is 0. The summed E-state index contributed by atoms with van der Waals surface area (Å²) in [5.41, 5.74) is 0. The molecule has 0 radical (unpaired) electrons.